The van der Waals surface area contributed by atoms with Crippen LogP contribution in [0.3, 0.4) is 0 Å². The van der Waals surface area contributed by atoms with Gasteiger partial charge in [-0.25, -0.2) is 13.6 Å². The summed E-state index contributed by atoms with van der Waals surface area (Å²) in [6.07, 6.45) is -3.25. The molecule has 19 heavy (non-hydrogen) atoms. The van der Waals surface area contributed by atoms with Crippen molar-refractivity contribution in [3.05, 3.63) is 21.3 Å². The van der Waals surface area contributed by atoms with Gasteiger partial charge in [-0.05, 0) is 12.5 Å². The summed E-state index contributed by atoms with van der Waals surface area (Å²) in [6, 6.07) is 0.146. The van der Waals surface area contributed by atoms with Crippen LogP contribution in [0.2, 0.25) is 5.02 Å². The predicted molar refractivity (Wildman–Crippen MR) is 67.8 cm³/mol. The van der Waals surface area contributed by atoms with E-state index in [1.807, 2.05) is 0 Å². The van der Waals surface area contributed by atoms with Gasteiger partial charge in [-0.2, -0.15) is 0 Å². The van der Waals surface area contributed by atoms with Crippen LogP contribution in [0.15, 0.2) is 11.4 Å². The SMILES string of the molecule is O=C(CCc1cc(Cl)cs1)NC(CC(F)F)C(=O)O. The van der Waals surface area contributed by atoms with Crippen molar-refractivity contribution in [1.82, 2.24) is 5.32 Å². The molecule has 0 saturated heterocycles. The first-order valence-electron chi connectivity index (χ1n) is 5.41. The van der Waals surface area contributed by atoms with Crippen molar-refractivity contribution in [2.24, 2.45) is 0 Å². The second-order valence-electron chi connectivity index (χ2n) is 3.82. The Morgan fingerprint density at radius 1 is 1.47 bits per heavy atom. The summed E-state index contributed by atoms with van der Waals surface area (Å²) in [7, 11) is 0. The minimum atomic E-state index is -2.78. The van der Waals surface area contributed by atoms with E-state index in [1.54, 1.807) is 11.4 Å². The summed E-state index contributed by atoms with van der Waals surface area (Å²) in [5, 5.41) is 13.1. The summed E-state index contributed by atoms with van der Waals surface area (Å²) in [6.45, 7) is 0. The first-order chi connectivity index (χ1) is 8.88. The van der Waals surface area contributed by atoms with Crippen molar-refractivity contribution < 1.29 is 23.5 Å². The van der Waals surface area contributed by atoms with E-state index in [4.69, 9.17) is 16.7 Å². The van der Waals surface area contributed by atoms with Crippen molar-refractivity contribution >= 4 is 34.8 Å². The zero-order valence-corrected chi connectivity index (χ0v) is 11.3. The third-order valence-corrected chi connectivity index (χ3v) is 3.61. The highest BCUT2D eigenvalue weighted by Crippen LogP contribution is 2.20. The lowest BCUT2D eigenvalue weighted by Crippen LogP contribution is -2.42. The van der Waals surface area contributed by atoms with Crippen molar-refractivity contribution in [2.75, 3.05) is 0 Å². The number of aryl methyl sites for hydroxylation is 1. The van der Waals surface area contributed by atoms with Crippen molar-refractivity contribution in [2.45, 2.75) is 31.7 Å². The number of hydrogen-bond donors (Lipinski definition) is 2. The van der Waals surface area contributed by atoms with Crippen LogP contribution in [0.1, 0.15) is 17.7 Å². The maximum absolute atomic E-state index is 12.1. The number of hydrogen-bond acceptors (Lipinski definition) is 3. The number of rotatable bonds is 7. The van der Waals surface area contributed by atoms with Gasteiger partial charge in [-0.15, -0.1) is 11.3 Å². The van der Waals surface area contributed by atoms with Crippen LogP contribution >= 0.6 is 22.9 Å². The van der Waals surface area contributed by atoms with E-state index in [0.717, 1.165) is 4.88 Å². The molecule has 1 rings (SSSR count). The molecule has 0 radical (unpaired) electrons. The maximum Gasteiger partial charge on any atom is 0.326 e. The Labute approximate surface area is 117 Å². The Bertz CT molecular complexity index is 453. The molecule has 1 aromatic heterocycles. The van der Waals surface area contributed by atoms with Crippen LogP contribution in [0.5, 0.6) is 0 Å². The fraction of sp³-hybridized carbons (Fsp3) is 0.455. The Morgan fingerprint density at radius 2 is 2.16 bits per heavy atom. The molecule has 4 nitrogen and oxygen atoms in total. The molecule has 106 valence electrons. The molecule has 1 atom stereocenters. The highest BCUT2D eigenvalue weighted by molar-refractivity contribution is 7.10. The third kappa shape index (κ3) is 5.98. The Kier molecular flexibility index (Phi) is 6.17. The molecule has 0 aliphatic carbocycles. The standard InChI is InChI=1S/C11H12ClF2NO3S/c12-6-3-7(19-5-6)1-2-10(16)15-8(11(17)18)4-9(13)14/h3,5,8-9H,1-2,4H2,(H,15,16)(H,17,18). The first kappa shape index (κ1) is 15.8. The topological polar surface area (TPSA) is 66.4 Å². The van der Waals surface area contributed by atoms with Crippen LogP contribution in [-0.2, 0) is 16.0 Å². The van der Waals surface area contributed by atoms with Crippen molar-refractivity contribution in [3.8, 4) is 0 Å². The molecular weight excluding hydrogens is 300 g/mol. The highest BCUT2D eigenvalue weighted by atomic mass is 35.5. The molecule has 1 amide bonds. The summed E-state index contributed by atoms with van der Waals surface area (Å²) in [4.78, 5) is 23.0. The van der Waals surface area contributed by atoms with Gasteiger partial charge in [0, 0.05) is 23.1 Å². The maximum atomic E-state index is 12.1. The predicted octanol–water partition coefficient (Wildman–Crippen LogP) is 2.56. The molecule has 8 heteroatoms. The van der Waals surface area contributed by atoms with Gasteiger partial charge < -0.3 is 10.4 Å². The first-order valence-corrected chi connectivity index (χ1v) is 6.67. The quantitative estimate of drug-likeness (QED) is 0.813. The van der Waals surface area contributed by atoms with E-state index in [-0.39, 0.29) is 6.42 Å². The molecule has 0 fully saturated rings. The number of nitrogens with one attached hydrogen (secondary N) is 1. The van der Waals surface area contributed by atoms with E-state index >= 15 is 0 Å². The van der Waals surface area contributed by atoms with Gasteiger partial charge in [0.05, 0.1) is 5.02 Å². The lowest BCUT2D eigenvalue weighted by atomic mass is 10.2. The van der Waals surface area contributed by atoms with Crippen molar-refractivity contribution in [1.29, 1.82) is 0 Å². The Balaban J connectivity index is 2.42. The summed E-state index contributed by atoms with van der Waals surface area (Å²) in [5.41, 5.74) is 0. The molecule has 1 unspecified atom stereocenters. The molecule has 1 heterocycles. The largest absolute Gasteiger partial charge is 0.480 e. The van der Waals surface area contributed by atoms with Crippen LogP contribution in [0, 0.1) is 0 Å². The normalized spacial score (nSPS) is 12.4. The number of carboxylic acid groups (broad SMARTS) is 1. The van der Waals surface area contributed by atoms with E-state index in [0.29, 0.717) is 11.4 Å². The average molecular weight is 312 g/mol. The lowest BCUT2D eigenvalue weighted by molar-refractivity contribution is -0.143. The van der Waals surface area contributed by atoms with E-state index in [9.17, 15) is 18.4 Å². The van der Waals surface area contributed by atoms with Gasteiger partial charge in [-0.1, -0.05) is 11.6 Å². The van der Waals surface area contributed by atoms with Crippen LogP contribution in [-0.4, -0.2) is 29.5 Å². The van der Waals surface area contributed by atoms with E-state index in [1.165, 1.54) is 11.3 Å². The highest BCUT2D eigenvalue weighted by Gasteiger charge is 2.23. The number of aliphatic carboxylic acids is 1. The molecule has 0 aliphatic rings. The Hall–Kier alpha value is -1.21. The summed E-state index contributed by atoms with van der Waals surface area (Å²) < 4.78 is 24.2. The number of alkyl halides is 2. The van der Waals surface area contributed by atoms with E-state index < -0.39 is 30.8 Å². The number of amides is 1. The molecule has 0 spiro atoms. The van der Waals surface area contributed by atoms with Crippen LogP contribution < -0.4 is 5.32 Å². The molecule has 0 bridgehead atoms. The molecular formula is C11H12ClF2NO3S. The number of carbonyl (C=O) groups is 2. The van der Waals surface area contributed by atoms with Gasteiger partial charge in [-0.3, -0.25) is 4.79 Å². The zero-order chi connectivity index (χ0) is 14.4. The molecule has 1 aromatic rings. The van der Waals surface area contributed by atoms with Gasteiger partial charge in [0.15, 0.2) is 0 Å². The Morgan fingerprint density at radius 3 is 2.63 bits per heavy atom. The molecule has 0 aliphatic heterocycles. The van der Waals surface area contributed by atoms with Gasteiger partial charge >= 0.3 is 5.97 Å². The monoisotopic (exact) mass is 311 g/mol. The fourth-order valence-electron chi connectivity index (χ4n) is 1.39. The summed E-state index contributed by atoms with van der Waals surface area (Å²) >= 11 is 7.09. The molecule has 0 saturated carbocycles. The number of carbonyl (C=O) groups excluding carboxylic acids is 1. The average Bonchev–Trinajstić information content (AvgIpc) is 2.71. The third-order valence-electron chi connectivity index (χ3n) is 2.27. The second-order valence-corrected chi connectivity index (χ2v) is 5.25. The summed E-state index contributed by atoms with van der Waals surface area (Å²) in [5.74, 6) is -2.04. The van der Waals surface area contributed by atoms with Gasteiger partial charge in [0.2, 0.25) is 12.3 Å². The van der Waals surface area contributed by atoms with Gasteiger partial charge in [0.1, 0.15) is 6.04 Å². The van der Waals surface area contributed by atoms with E-state index in [2.05, 4.69) is 5.32 Å². The lowest BCUT2D eigenvalue weighted by Gasteiger charge is -2.13. The minimum Gasteiger partial charge on any atom is -0.480 e. The number of thiophene rings is 1. The minimum absolute atomic E-state index is 0.0316. The number of halogens is 3. The fourth-order valence-corrected chi connectivity index (χ4v) is 2.46. The second kappa shape index (κ2) is 7.40. The zero-order valence-electron chi connectivity index (χ0n) is 9.74. The van der Waals surface area contributed by atoms with Gasteiger partial charge in [0.25, 0.3) is 0 Å². The van der Waals surface area contributed by atoms with Crippen LogP contribution in [0.25, 0.3) is 0 Å². The van der Waals surface area contributed by atoms with Crippen LogP contribution in [0.4, 0.5) is 8.78 Å². The molecule has 0 aromatic carbocycles. The van der Waals surface area contributed by atoms with Crippen molar-refractivity contribution in [3.63, 3.8) is 0 Å². The molecule has 2 N–H and O–H groups in total. The number of carboxylic acids is 1. The smallest absolute Gasteiger partial charge is 0.326 e.